The predicted molar refractivity (Wildman–Crippen MR) is 111 cm³/mol. The normalized spacial score (nSPS) is 15.1. The molecule has 0 saturated carbocycles. The van der Waals surface area contributed by atoms with E-state index in [1.165, 1.54) is 12.2 Å². The van der Waals surface area contributed by atoms with Crippen LogP contribution in [0.1, 0.15) is 17.3 Å². The Morgan fingerprint density at radius 1 is 1.19 bits per heavy atom. The third kappa shape index (κ3) is 4.39. The second-order valence-corrected chi connectivity index (χ2v) is 8.15. The maximum atomic E-state index is 12.5. The number of carbonyl (C=O) groups is 1. The second kappa shape index (κ2) is 8.41. The fourth-order valence-corrected chi connectivity index (χ4v) is 4.35. The van der Waals surface area contributed by atoms with E-state index < -0.39 is 0 Å². The Morgan fingerprint density at radius 2 is 1.85 bits per heavy atom. The van der Waals surface area contributed by atoms with Crippen molar-refractivity contribution in [3.63, 3.8) is 0 Å². The Bertz CT molecular complexity index is 788. The van der Waals surface area contributed by atoms with E-state index >= 15 is 0 Å². The first-order valence-electron chi connectivity index (χ1n) is 8.66. The quantitative estimate of drug-likeness (QED) is 0.626. The lowest BCUT2D eigenvalue weighted by Gasteiger charge is -2.33. The number of carbonyl (C=O) groups excluding carboxylic acids is 1. The van der Waals surface area contributed by atoms with Crippen LogP contribution in [0, 0.1) is 0 Å². The van der Waals surface area contributed by atoms with Crippen LogP contribution >= 0.6 is 31.9 Å². The maximum Gasteiger partial charge on any atom is 0.259 e. The van der Waals surface area contributed by atoms with Crippen LogP contribution in [0.3, 0.4) is 0 Å². The van der Waals surface area contributed by atoms with Crippen molar-refractivity contribution in [2.75, 3.05) is 42.9 Å². The fraction of sp³-hybridized carbons (Fsp3) is 0.316. The van der Waals surface area contributed by atoms with E-state index in [1.54, 1.807) is 17.0 Å². The van der Waals surface area contributed by atoms with Crippen LogP contribution in [-0.4, -0.2) is 43.7 Å². The summed E-state index contributed by atoms with van der Waals surface area (Å²) in [5.74, 6) is -0.420. The van der Waals surface area contributed by atoms with E-state index in [4.69, 9.17) is 0 Å². The number of likely N-dealkylation sites (N-methyl/N-ethyl adjacent to an activating group) is 1. The molecular weight excluding hydrogens is 462 g/mol. The highest BCUT2D eigenvalue weighted by Crippen LogP contribution is 2.32. The van der Waals surface area contributed by atoms with Crippen molar-refractivity contribution < 1.29 is 14.8 Å². The molecule has 2 aromatic carbocycles. The Morgan fingerprint density at radius 3 is 2.46 bits per heavy atom. The van der Waals surface area contributed by atoms with Crippen molar-refractivity contribution in [1.29, 1.82) is 0 Å². The molecule has 0 atom stereocenters. The molecule has 1 aliphatic rings. The monoisotopic (exact) mass is 482 g/mol. The highest BCUT2D eigenvalue weighted by molar-refractivity contribution is 9.11. The number of aromatic hydroxyl groups is 1. The summed E-state index contributed by atoms with van der Waals surface area (Å²) >= 11 is 6.58. The van der Waals surface area contributed by atoms with Gasteiger partial charge in [0.2, 0.25) is 0 Å². The molecule has 7 heteroatoms. The molecule has 3 rings (SSSR count). The van der Waals surface area contributed by atoms with Gasteiger partial charge in [-0.3, -0.25) is 4.79 Å². The van der Waals surface area contributed by atoms with Crippen LogP contribution in [0.4, 0.5) is 11.4 Å². The lowest BCUT2D eigenvalue weighted by Crippen LogP contribution is -3.14. The lowest BCUT2D eigenvalue weighted by atomic mass is 10.1. The standard InChI is InChI=1S/C19H21Br2N3O2/c1-2-23-7-9-24(10-8-23)15-5-3-14(4-6-15)22-19(26)16-11-13(20)12-17(21)18(16)25/h3-6,11-12,25H,2,7-10H2,1H3,(H,22,26)/p+1. The topological polar surface area (TPSA) is 57.0 Å². The van der Waals surface area contributed by atoms with Gasteiger partial charge in [-0.25, -0.2) is 0 Å². The number of phenols is 1. The van der Waals surface area contributed by atoms with E-state index in [9.17, 15) is 9.90 Å². The number of piperazine rings is 1. The summed E-state index contributed by atoms with van der Waals surface area (Å²) in [5, 5.41) is 12.9. The van der Waals surface area contributed by atoms with Crippen LogP contribution < -0.4 is 15.1 Å². The van der Waals surface area contributed by atoms with Gasteiger partial charge in [-0.2, -0.15) is 0 Å². The Kier molecular flexibility index (Phi) is 6.21. The van der Waals surface area contributed by atoms with E-state index in [0.29, 0.717) is 10.2 Å². The first-order chi connectivity index (χ1) is 12.5. The van der Waals surface area contributed by atoms with E-state index in [-0.39, 0.29) is 17.2 Å². The average Bonchev–Trinajstić information content (AvgIpc) is 2.65. The minimum absolute atomic E-state index is 0.0707. The minimum atomic E-state index is -0.350. The summed E-state index contributed by atoms with van der Waals surface area (Å²) in [6.07, 6.45) is 0. The van der Waals surface area contributed by atoms with Crippen molar-refractivity contribution in [3.8, 4) is 5.75 Å². The van der Waals surface area contributed by atoms with Gasteiger partial charge in [0.1, 0.15) is 5.75 Å². The summed E-state index contributed by atoms with van der Waals surface area (Å²) in [5.41, 5.74) is 2.09. The number of benzene rings is 2. The van der Waals surface area contributed by atoms with Crippen molar-refractivity contribution in [3.05, 3.63) is 50.9 Å². The molecule has 3 N–H and O–H groups in total. The molecule has 2 aromatic rings. The van der Waals surface area contributed by atoms with Gasteiger partial charge in [-0.05, 0) is 59.3 Å². The fourth-order valence-electron chi connectivity index (χ4n) is 3.13. The van der Waals surface area contributed by atoms with Gasteiger partial charge in [0.05, 0.1) is 42.8 Å². The summed E-state index contributed by atoms with van der Waals surface area (Å²) < 4.78 is 1.19. The molecule has 1 amide bonds. The maximum absolute atomic E-state index is 12.5. The van der Waals surface area contributed by atoms with Crippen LogP contribution in [0.25, 0.3) is 0 Å². The van der Waals surface area contributed by atoms with Gasteiger partial charge in [0.25, 0.3) is 5.91 Å². The summed E-state index contributed by atoms with van der Waals surface area (Å²) in [6.45, 7) is 7.82. The summed E-state index contributed by atoms with van der Waals surface area (Å²) in [6, 6.07) is 11.2. The third-order valence-electron chi connectivity index (χ3n) is 4.73. The van der Waals surface area contributed by atoms with E-state index in [2.05, 4.69) is 49.0 Å². The van der Waals surface area contributed by atoms with Crippen LogP contribution in [0.2, 0.25) is 0 Å². The molecule has 26 heavy (non-hydrogen) atoms. The van der Waals surface area contributed by atoms with Crippen LogP contribution in [0.5, 0.6) is 5.75 Å². The number of hydrogen-bond acceptors (Lipinski definition) is 3. The van der Waals surface area contributed by atoms with Gasteiger partial charge < -0.3 is 20.2 Å². The molecule has 0 aliphatic carbocycles. The summed E-state index contributed by atoms with van der Waals surface area (Å²) in [7, 11) is 0. The van der Waals surface area contributed by atoms with E-state index in [0.717, 1.165) is 30.7 Å². The average molecular weight is 484 g/mol. The SMILES string of the molecule is CC[NH+]1CCN(c2ccc(NC(=O)c3cc(Br)cc(Br)c3O)cc2)CC1. The number of quaternary nitrogens is 1. The molecule has 0 aromatic heterocycles. The first kappa shape index (κ1) is 19.2. The predicted octanol–water partition coefficient (Wildman–Crippen LogP) is 2.89. The molecular formula is C19H22Br2N3O2+. The zero-order valence-corrected chi connectivity index (χ0v) is 17.7. The number of amides is 1. The third-order valence-corrected chi connectivity index (χ3v) is 5.80. The van der Waals surface area contributed by atoms with Crippen LogP contribution in [-0.2, 0) is 0 Å². The Balaban J connectivity index is 1.67. The van der Waals surface area contributed by atoms with Crippen molar-refractivity contribution in [1.82, 2.24) is 0 Å². The highest BCUT2D eigenvalue weighted by Gasteiger charge is 2.19. The minimum Gasteiger partial charge on any atom is -0.506 e. The molecule has 1 fully saturated rings. The molecule has 138 valence electrons. The number of hydrogen-bond donors (Lipinski definition) is 3. The van der Waals surface area contributed by atoms with Gasteiger partial charge in [-0.1, -0.05) is 15.9 Å². The highest BCUT2D eigenvalue weighted by atomic mass is 79.9. The second-order valence-electron chi connectivity index (χ2n) is 6.38. The smallest absolute Gasteiger partial charge is 0.259 e. The van der Waals surface area contributed by atoms with Gasteiger partial charge in [0, 0.05) is 15.8 Å². The Hall–Kier alpha value is -1.57. The molecule has 5 nitrogen and oxygen atoms in total. The zero-order valence-electron chi connectivity index (χ0n) is 14.6. The zero-order chi connectivity index (χ0) is 18.7. The lowest BCUT2D eigenvalue weighted by molar-refractivity contribution is -0.898. The largest absolute Gasteiger partial charge is 0.506 e. The van der Waals surface area contributed by atoms with Gasteiger partial charge in [-0.15, -0.1) is 0 Å². The molecule has 0 spiro atoms. The Labute approximate surface area is 170 Å². The molecule has 0 bridgehead atoms. The van der Waals surface area contributed by atoms with Crippen LogP contribution in [0.15, 0.2) is 45.3 Å². The van der Waals surface area contributed by atoms with Crippen molar-refractivity contribution in [2.24, 2.45) is 0 Å². The van der Waals surface area contributed by atoms with Crippen molar-refractivity contribution >= 4 is 49.1 Å². The number of nitrogens with zero attached hydrogens (tertiary/aromatic N) is 1. The number of halogens is 2. The molecule has 1 aliphatic heterocycles. The number of anilines is 2. The molecule has 0 unspecified atom stereocenters. The molecule has 0 radical (unpaired) electrons. The van der Waals surface area contributed by atoms with Crippen molar-refractivity contribution in [2.45, 2.75) is 6.92 Å². The van der Waals surface area contributed by atoms with Gasteiger partial charge in [0.15, 0.2) is 0 Å². The number of phenolic OH excluding ortho intramolecular Hbond substituents is 1. The molecule has 1 saturated heterocycles. The van der Waals surface area contributed by atoms with E-state index in [1.807, 2.05) is 24.3 Å². The van der Waals surface area contributed by atoms with Gasteiger partial charge >= 0.3 is 0 Å². The number of nitrogens with one attached hydrogen (secondary N) is 2. The summed E-state index contributed by atoms with van der Waals surface area (Å²) in [4.78, 5) is 16.5. The first-order valence-corrected chi connectivity index (χ1v) is 10.2. The number of rotatable bonds is 4. The molecule has 1 heterocycles.